The molecule has 0 spiro atoms. The van der Waals surface area contributed by atoms with Crippen molar-refractivity contribution in [2.45, 2.75) is 0 Å². The van der Waals surface area contributed by atoms with Crippen LogP contribution < -0.4 is 0 Å². The Morgan fingerprint density at radius 2 is 1.20 bits per heavy atom. The molecule has 28 valence electrons. The molecule has 0 amide bonds. The minimum Gasteiger partial charge on any atom is 0 e. The molecule has 0 fully saturated rings. The van der Waals surface area contributed by atoms with E-state index in [0.717, 1.165) is 0 Å². The minimum absolute atomic E-state index is 0. The molecule has 0 aliphatic heterocycles. The maximum Gasteiger partial charge on any atom is 0 e. The average molecular weight is 204 g/mol. The summed E-state index contributed by atoms with van der Waals surface area (Å²) in [6, 6.07) is 0. The smallest absolute Gasteiger partial charge is 0 e. The second-order valence-electron chi connectivity index (χ2n) is 0. The summed E-state index contributed by atoms with van der Waals surface area (Å²) in [5.74, 6) is 0. The molecule has 0 saturated heterocycles. The summed E-state index contributed by atoms with van der Waals surface area (Å²) in [6.45, 7) is 0. The largest absolute Gasteiger partial charge is 0 e. The van der Waals surface area contributed by atoms with Crippen molar-refractivity contribution in [3.8, 4) is 0 Å². The van der Waals surface area contributed by atoms with E-state index in [4.69, 9.17) is 3.83 Å². The summed E-state index contributed by atoms with van der Waals surface area (Å²) in [7, 11) is 0. The first-order valence-corrected chi connectivity index (χ1v) is 0.595. The molecule has 0 saturated carbocycles. The predicted octanol–water partition coefficient (Wildman–Crippen LogP) is -0.775. The summed E-state index contributed by atoms with van der Waals surface area (Å²) in [4.78, 5) is 0. The van der Waals surface area contributed by atoms with E-state index in [1.807, 2.05) is 15.9 Å². The molecule has 0 unspecified atom stereocenters. The van der Waals surface area contributed by atoms with Crippen LogP contribution in [0.25, 0.3) is 0 Å². The standard InChI is InChI=1S/Fe.Li.Ni.O.Zn.H. The van der Waals surface area contributed by atoms with Crippen molar-refractivity contribution in [3.63, 3.8) is 0 Å². The Hall–Kier alpha value is 2.03. The topological polar surface area (TPSA) is 17.1 Å². The van der Waals surface area contributed by atoms with Crippen LogP contribution in [0, 0.1) is 0 Å². The fraction of sp³-hybridized carbons (Fsp3) is 0. The maximum absolute atomic E-state index is 8.00. The molecule has 0 heterocycles. The zero-order valence-corrected chi connectivity index (χ0v) is 6.84. The molecule has 0 aliphatic carbocycles. The van der Waals surface area contributed by atoms with Crippen molar-refractivity contribution >= 4 is 18.9 Å². The van der Waals surface area contributed by atoms with Gasteiger partial charge in [0.2, 0.25) is 0 Å². The zero-order valence-electron chi connectivity index (χ0n) is 1.79. The van der Waals surface area contributed by atoms with Crippen molar-refractivity contribution in [3.05, 3.63) is 0 Å². The second kappa shape index (κ2) is 37.0. The van der Waals surface area contributed by atoms with E-state index in [1.54, 1.807) is 0 Å². The number of hydrogen-bond donors (Lipinski definition) is 0. The second-order valence-corrected chi connectivity index (χ2v) is 0. The van der Waals surface area contributed by atoms with Crippen LogP contribution in [0.3, 0.4) is 0 Å². The van der Waals surface area contributed by atoms with E-state index in [2.05, 4.69) is 0 Å². The normalized spacial score (nSPS) is 1.00. The summed E-state index contributed by atoms with van der Waals surface area (Å²) >= 11 is 2.00. The Balaban J connectivity index is -0.00000000167. The van der Waals surface area contributed by atoms with Gasteiger partial charge in [-0.25, -0.2) is 0 Å². The third-order valence-corrected chi connectivity index (χ3v) is 0. The van der Waals surface area contributed by atoms with Crippen molar-refractivity contribution in [2.75, 3.05) is 0 Å². The molecule has 0 aromatic rings. The summed E-state index contributed by atoms with van der Waals surface area (Å²) < 4.78 is 8.00. The molecule has 0 N–H and O–H groups in total. The Labute approximate surface area is 73.9 Å². The summed E-state index contributed by atoms with van der Waals surface area (Å²) in [6.07, 6.45) is 0. The van der Waals surface area contributed by atoms with Crippen LogP contribution in [0.4, 0.5) is 0 Å². The van der Waals surface area contributed by atoms with E-state index in [1.165, 1.54) is 0 Å². The summed E-state index contributed by atoms with van der Waals surface area (Å²) in [5.41, 5.74) is 0. The minimum atomic E-state index is 0. The van der Waals surface area contributed by atoms with Gasteiger partial charge in [0, 0.05) is 36.0 Å². The summed E-state index contributed by atoms with van der Waals surface area (Å²) in [5, 5.41) is 0. The molecule has 0 rings (SSSR count). The molecule has 0 aromatic heterocycles. The predicted molar refractivity (Wildman–Crippen MR) is 7.84 cm³/mol. The van der Waals surface area contributed by atoms with Gasteiger partial charge in [-0.1, -0.05) is 0 Å². The van der Waals surface area contributed by atoms with Crippen molar-refractivity contribution < 1.29 is 55.7 Å². The Morgan fingerprint density at radius 1 is 1.20 bits per heavy atom. The maximum atomic E-state index is 8.00. The number of rotatable bonds is 0. The first kappa shape index (κ1) is 27.8. The van der Waals surface area contributed by atoms with Gasteiger partial charge in [-0.15, -0.1) is 0 Å². The van der Waals surface area contributed by atoms with Gasteiger partial charge in [-0.05, 0) is 0 Å². The van der Waals surface area contributed by atoms with Gasteiger partial charge in [-0.2, -0.15) is 0 Å². The molecule has 0 bridgehead atoms. The van der Waals surface area contributed by atoms with Crippen LogP contribution in [-0.4, -0.2) is 18.9 Å². The van der Waals surface area contributed by atoms with Gasteiger partial charge in [-0.3, -0.25) is 0 Å². The SMILES string of the molecule is [LiH].[Ni].[O]=[Fe].[Zn]. The fourth-order valence-corrected chi connectivity index (χ4v) is 0. The van der Waals surface area contributed by atoms with Crippen LogP contribution >= 0.6 is 0 Å². The van der Waals surface area contributed by atoms with E-state index in [0.29, 0.717) is 0 Å². The van der Waals surface area contributed by atoms with E-state index < -0.39 is 0 Å². The van der Waals surface area contributed by atoms with E-state index >= 15 is 0 Å². The van der Waals surface area contributed by atoms with Gasteiger partial charge < -0.3 is 0 Å². The van der Waals surface area contributed by atoms with Gasteiger partial charge in [0.15, 0.2) is 0 Å². The molecule has 5 heavy (non-hydrogen) atoms. The molecular formula is HFeLiNiOZn. The van der Waals surface area contributed by atoms with Gasteiger partial charge >= 0.3 is 38.6 Å². The van der Waals surface area contributed by atoms with Crippen LogP contribution in [-0.2, 0) is 55.7 Å². The first-order chi connectivity index (χ1) is 1.00. The third kappa shape index (κ3) is 23.7. The van der Waals surface area contributed by atoms with Crippen molar-refractivity contribution in [2.24, 2.45) is 0 Å². The van der Waals surface area contributed by atoms with Gasteiger partial charge in [0.1, 0.15) is 0 Å². The monoisotopic (exact) mass is 202 g/mol. The molecule has 0 atom stereocenters. The molecule has 1 nitrogen and oxygen atoms in total. The Morgan fingerprint density at radius 3 is 1.20 bits per heavy atom. The van der Waals surface area contributed by atoms with Gasteiger partial charge in [0.25, 0.3) is 0 Å². The molecule has 0 aromatic carbocycles. The quantitative estimate of drug-likeness (QED) is 0.473. The molecule has 5 heteroatoms. The Kier molecular flexibility index (Phi) is 206. The third-order valence-electron chi connectivity index (χ3n) is 0. The van der Waals surface area contributed by atoms with Crippen LogP contribution in [0.2, 0.25) is 0 Å². The molecule has 0 radical (unpaired) electrons. The van der Waals surface area contributed by atoms with E-state index in [9.17, 15) is 0 Å². The molecular weight excluding hydrogens is 203 g/mol. The zero-order chi connectivity index (χ0) is 2.00. The average Bonchev–Trinajstić information content (AvgIpc) is 1.00. The van der Waals surface area contributed by atoms with Gasteiger partial charge in [0.05, 0.1) is 0 Å². The molecule has 0 aliphatic rings. The van der Waals surface area contributed by atoms with E-state index in [-0.39, 0.29) is 54.8 Å². The Bertz CT molecular complexity index is 11.6. The first-order valence-electron chi connectivity index (χ1n) is 0.144. The van der Waals surface area contributed by atoms with Crippen molar-refractivity contribution in [1.29, 1.82) is 0 Å². The fourth-order valence-electron chi connectivity index (χ4n) is 0. The van der Waals surface area contributed by atoms with Crippen molar-refractivity contribution in [1.82, 2.24) is 0 Å². The van der Waals surface area contributed by atoms with Crippen LogP contribution in [0.5, 0.6) is 0 Å². The van der Waals surface area contributed by atoms with Crippen LogP contribution in [0.15, 0.2) is 0 Å². The number of hydrogen-bond acceptors (Lipinski definition) is 1. The van der Waals surface area contributed by atoms with Crippen LogP contribution in [0.1, 0.15) is 0 Å².